The minimum Gasteiger partial charge on any atom is -0.416 e. The van der Waals surface area contributed by atoms with Gasteiger partial charge in [-0.3, -0.25) is 9.59 Å². The quantitative estimate of drug-likeness (QED) is 0.502. The van der Waals surface area contributed by atoms with Crippen molar-refractivity contribution in [3.8, 4) is 22.9 Å². The molecule has 1 heterocycles. The van der Waals surface area contributed by atoms with Gasteiger partial charge in [-0.15, -0.1) is 10.2 Å². The number of primary amides is 1. The average Bonchev–Trinajstić information content (AvgIpc) is 3.28. The Morgan fingerprint density at radius 2 is 1.52 bits per heavy atom. The van der Waals surface area contributed by atoms with Crippen LogP contribution < -0.4 is 11.1 Å². The van der Waals surface area contributed by atoms with Crippen LogP contribution in [0, 0.1) is 6.92 Å². The summed E-state index contributed by atoms with van der Waals surface area (Å²) in [4.78, 5) is 24.5. The van der Waals surface area contributed by atoms with E-state index >= 15 is 0 Å². The SMILES string of the molecule is Cc1ccccc1-c1nnc(-c2ccc(C(=O)NC(C(N)=O)c3ccccc3)cc2)o1. The summed E-state index contributed by atoms with van der Waals surface area (Å²) >= 11 is 0. The molecule has 0 bridgehead atoms. The number of benzene rings is 3. The van der Waals surface area contributed by atoms with Gasteiger partial charge in [0.15, 0.2) is 0 Å². The topological polar surface area (TPSA) is 111 Å². The molecule has 0 aliphatic rings. The number of carbonyl (C=O) groups excluding carboxylic acids is 2. The molecule has 7 heteroatoms. The van der Waals surface area contributed by atoms with Crippen molar-refractivity contribution in [2.75, 3.05) is 0 Å². The van der Waals surface area contributed by atoms with Crippen LogP contribution in [-0.2, 0) is 4.79 Å². The molecule has 0 saturated heterocycles. The van der Waals surface area contributed by atoms with Crippen molar-refractivity contribution < 1.29 is 14.0 Å². The zero-order valence-electron chi connectivity index (χ0n) is 16.8. The zero-order chi connectivity index (χ0) is 21.8. The van der Waals surface area contributed by atoms with Gasteiger partial charge in [0.1, 0.15) is 6.04 Å². The van der Waals surface area contributed by atoms with Gasteiger partial charge in [0.25, 0.3) is 5.91 Å². The molecule has 0 saturated carbocycles. The largest absolute Gasteiger partial charge is 0.416 e. The molecule has 4 aromatic rings. The van der Waals surface area contributed by atoms with Crippen molar-refractivity contribution in [2.24, 2.45) is 5.73 Å². The minimum atomic E-state index is -0.916. The second kappa shape index (κ2) is 8.62. The van der Waals surface area contributed by atoms with Crippen LogP contribution in [-0.4, -0.2) is 22.0 Å². The fourth-order valence-electron chi connectivity index (χ4n) is 3.20. The van der Waals surface area contributed by atoms with E-state index in [0.717, 1.165) is 11.1 Å². The molecule has 0 aliphatic heterocycles. The first-order valence-electron chi connectivity index (χ1n) is 9.68. The molecule has 1 unspecified atom stereocenters. The number of nitrogens with zero attached hydrogens (tertiary/aromatic N) is 2. The van der Waals surface area contributed by atoms with E-state index in [9.17, 15) is 9.59 Å². The fraction of sp³-hybridized carbons (Fsp3) is 0.0833. The van der Waals surface area contributed by atoms with Gasteiger partial charge >= 0.3 is 0 Å². The highest BCUT2D eigenvalue weighted by atomic mass is 16.4. The lowest BCUT2D eigenvalue weighted by Gasteiger charge is -2.16. The Morgan fingerprint density at radius 1 is 0.871 bits per heavy atom. The molecular formula is C24H20N4O3. The second-order valence-electron chi connectivity index (χ2n) is 7.02. The molecule has 31 heavy (non-hydrogen) atoms. The molecular weight excluding hydrogens is 392 g/mol. The number of nitrogens with one attached hydrogen (secondary N) is 1. The number of hydrogen-bond acceptors (Lipinski definition) is 5. The summed E-state index contributed by atoms with van der Waals surface area (Å²) in [5, 5.41) is 10.9. The van der Waals surface area contributed by atoms with Crippen LogP contribution in [0.1, 0.15) is 27.5 Å². The summed E-state index contributed by atoms with van der Waals surface area (Å²) in [7, 11) is 0. The van der Waals surface area contributed by atoms with Crippen LogP contribution in [0.3, 0.4) is 0 Å². The van der Waals surface area contributed by atoms with Crippen molar-refractivity contribution in [2.45, 2.75) is 13.0 Å². The van der Waals surface area contributed by atoms with E-state index in [0.29, 0.717) is 28.5 Å². The van der Waals surface area contributed by atoms with Gasteiger partial charge in [0.2, 0.25) is 17.7 Å². The molecule has 3 aromatic carbocycles. The molecule has 154 valence electrons. The van der Waals surface area contributed by atoms with Crippen molar-refractivity contribution in [3.63, 3.8) is 0 Å². The maximum atomic E-state index is 12.6. The predicted molar refractivity (Wildman–Crippen MR) is 116 cm³/mol. The average molecular weight is 412 g/mol. The molecule has 3 N–H and O–H groups in total. The number of nitrogens with two attached hydrogens (primary N) is 1. The van der Waals surface area contributed by atoms with Crippen molar-refractivity contribution >= 4 is 11.8 Å². The molecule has 1 atom stereocenters. The Morgan fingerprint density at radius 3 is 2.19 bits per heavy atom. The molecule has 4 rings (SSSR count). The maximum Gasteiger partial charge on any atom is 0.252 e. The lowest BCUT2D eigenvalue weighted by molar-refractivity contribution is -0.120. The third-order valence-corrected chi connectivity index (χ3v) is 4.89. The highest BCUT2D eigenvalue weighted by molar-refractivity contribution is 5.97. The second-order valence-corrected chi connectivity index (χ2v) is 7.02. The van der Waals surface area contributed by atoms with Crippen LogP contribution in [0.15, 0.2) is 83.3 Å². The maximum absolute atomic E-state index is 12.6. The summed E-state index contributed by atoms with van der Waals surface area (Å²) in [5.41, 5.74) is 9.06. The molecule has 0 aliphatic carbocycles. The number of aromatic nitrogens is 2. The van der Waals surface area contributed by atoms with Crippen LogP contribution in [0.5, 0.6) is 0 Å². The lowest BCUT2D eigenvalue weighted by Crippen LogP contribution is -2.37. The standard InChI is InChI=1S/C24H20N4O3/c1-15-7-5-6-10-19(15)24-28-27-23(31-24)18-13-11-17(12-14-18)22(30)26-20(21(25)29)16-8-3-2-4-9-16/h2-14,20H,1H3,(H2,25,29)(H,26,30). The smallest absolute Gasteiger partial charge is 0.252 e. The number of amides is 2. The Balaban J connectivity index is 1.51. The normalized spacial score (nSPS) is 11.6. The van der Waals surface area contributed by atoms with Gasteiger partial charge in [-0.25, -0.2) is 0 Å². The molecule has 0 spiro atoms. The third kappa shape index (κ3) is 4.35. The number of rotatable bonds is 6. The number of aryl methyl sites for hydroxylation is 1. The van der Waals surface area contributed by atoms with E-state index < -0.39 is 17.9 Å². The van der Waals surface area contributed by atoms with E-state index in [1.54, 1.807) is 48.5 Å². The summed E-state index contributed by atoms with van der Waals surface area (Å²) in [6, 6.07) is 22.4. The molecule has 2 amide bonds. The van der Waals surface area contributed by atoms with Crippen molar-refractivity contribution in [1.82, 2.24) is 15.5 Å². The van der Waals surface area contributed by atoms with Crippen molar-refractivity contribution in [1.29, 1.82) is 0 Å². The first-order valence-corrected chi connectivity index (χ1v) is 9.68. The van der Waals surface area contributed by atoms with Gasteiger partial charge in [-0.1, -0.05) is 48.5 Å². The van der Waals surface area contributed by atoms with Gasteiger partial charge in [-0.2, -0.15) is 0 Å². The number of carbonyl (C=O) groups is 2. The summed E-state index contributed by atoms with van der Waals surface area (Å²) in [6.07, 6.45) is 0. The van der Waals surface area contributed by atoms with Gasteiger partial charge in [0, 0.05) is 16.7 Å². The monoisotopic (exact) mass is 412 g/mol. The van der Waals surface area contributed by atoms with E-state index in [1.807, 2.05) is 37.3 Å². The first-order chi connectivity index (χ1) is 15.0. The van der Waals surface area contributed by atoms with Gasteiger partial charge in [0.05, 0.1) is 0 Å². The highest BCUT2D eigenvalue weighted by Gasteiger charge is 2.21. The minimum absolute atomic E-state index is 0.351. The van der Waals surface area contributed by atoms with Crippen LogP contribution in [0.25, 0.3) is 22.9 Å². The van der Waals surface area contributed by atoms with E-state index in [-0.39, 0.29) is 0 Å². The van der Waals surface area contributed by atoms with Crippen molar-refractivity contribution in [3.05, 3.63) is 95.6 Å². The predicted octanol–water partition coefficient (Wildman–Crippen LogP) is 3.67. The Bertz CT molecular complexity index is 1220. The van der Waals surface area contributed by atoms with E-state index in [1.165, 1.54) is 0 Å². The van der Waals surface area contributed by atoms with Crippen LogP contribution in [0.4, 0.5) is 0 Å². The first kappa shape index (κ1) is 20.0. The Kier molecular flexibility index (Phi) is 5.57. The molecule has 7 nitrogen and oxygen atoms in total. The molecule has 0 fully saturated rings. The molecule has 0 radical (unpaired) electrons. The number of hydrogen-bond donors (Lipinski definition) is 2. The summed E-state index contributed by atoms with van der Waals surface area (Å²) < 4.78 is 5.81. The van der Waals surface area contributed by atoms with Crippen LogP contribution in [0.2, 0.25) is 0 Å². The Labute approximate surface area is 178 Å². The van der Waals surface area contributed by atoms with Crippen LogP contribution >= 0.6 is 0 Å². The lowest BCUT2D eigenvalue weighted by atomic mass is 10.1. The summed E-state index contributed by atoms with van der Waals surface area (Å²) in [5.74, 6) is -0.261. The van der Waals surface area contributed by atoms with Gasteiger partial charge < -0.3 is 15.5 Å². The summed E-state index contributed by atoms with van der Waals surface area (Å²) in [6.45, 7) is 1.97. The fourth-order valence-corrected chi connectivity index (χ4v) is 3.20. The highest BCUT2D eigenvalue weighted by Crippen LogP contribution is 2.26. The Hall–Kier alpha value is -4.26. The van der Waals surface area contributed by atoms with E-state index in [2.05, 4.69) is 15.5 Å². The van der Waals surface area contributed by atoms with Gasteiger partial charge in [-0.05, 0) is 48.4 Å². The zero-order valence-corrected chi connectivity index (χ0v) is 16.8. The molecule has 1 aromatic heterocycles. The third-order valence-electron chi connectivity index (χ3n) is 4.89. The van der Waals surface area contributed by atoms with E-state index in [4.69, 9.17) is 10.2 Å².